The van der Waals surface area contributed by atoms with Gasteiger partial charge in [0.15, 0.2) is 6.61 Å². The van der Waals surface area contributed by atoms with Crippen molar-refractivity contribution >= 4 is 23.5 Å². The molecule has 2 fully saturated rings. The number of ether oxygens (including phenoxy) is 1. The average molecular weight is 388 g/mol. The molecule has 1 saturated carbocycles. The van der Waals surface area contributed by atoms with Crippen molar-refractivity contribution in [2.24, 2.45) is 11.8 Å². The van der Waals surface area contributed by atoms with E-state index in [1.807, 2.05) is 4.90 Å². The number of aliphatic carboxylic acids is 1. The van der Waals surface area contributed by atoms with Crippen LogP contribution in [0.5, 0.6) is 5.75 Å². The molecule has 1 aromatic rings. The second-order valence-corrected chi connectivity index (χ2v) is 7.93. The Kier molecular flexibility index (Phi) is 6.21. The Hall–Kier alpha value is -2.57. The van der Waals surface area contributed by atoms with E-state index in [2.05, 4.69) is 6.92 Å². The molecular formula is C21H28N2O5. The zero-order valence-corrected chi connectivity index (χ0v) is 16.5. The van der Waals surface area contributed by atoms with Gasteiger partial charge in [0, 0.05) is 31.7 Å². The molecule has 1 unspecified atom stereocenters. The van der Waals surface area contributed by atoms with Gasteiger partial charge in [0.05, 0.1) is 5.92 Å². The molecule has 0 radical (unpaired) electrons. The van der Waals surface area contributed by atoms with Crippen LogP contribution in [0.1, 0.15) is 39.0 Å². The Morgan fingerprint density at radius 2 is 1.82 bits per heavy atom. The first-order valence-corrected chi connectivity index (χ1v) is 9.87. The summed E-state index contributed by atoms with van der Waals surface area (Å²) in [4.78, 5) is 39.4. The van der Waals surface area contributed by atoms with Crippen LogP contribution in [0.3, 0.4) is 0 Å². The van der Waals surface area contributed by atoms with Crippen LogP contribution in [0.15, 0.2) is 24.3 Å². The van der Waals surface area contributed by atoms with E-state index >= 15 is 0 Å². The van der Waals surface area contributed by atoms with Gasteiger partial charge in [0.1, 0.15) is 5.75 Å². The second-order valence-electron chi connectivity index (χ2n) is 7.93. The van der Waals surface area contributed by atoms with Crippen molar-refractivity contribution in [3.8, 4) is 5.75 Å². The fraction of sp³-hybridized carbons (Fsp3) is 0.571. The summed E-state index contributed by atoms with van der Waals surface area (Å²) in [6.45, 7) is 2.34. The number of amides is 2. The summed E-state index contributed by atoms with van der Waals surface area (Å²) >= 11 is 0. The van der Waals surface area contributed by atoms with Crippen molar-refractivity contribution in [3.63, 3.8) is 0 Å². The lowest BCUT2D eigenvalue weighted by Gasteiger charge is -2.33. The van der Waals surface area contributed by atoms with Crippen LogP contribution >= 0.6 is 0 Å². The maximum absolute atomic E-state index is 12.9. The van der Waals surface area contributed by atoms with Gasteiger partial charge in [-0.05, 0) is 55.9 Å². The van der Waals surface area contributed by atoms with Crippen molar-refractivity contribution < 1.29 is 24.2 Å². The quantitative estimate of drug-likeness (QED) is 0.809. The fourth-order valence-corrected chi connectivity index (χ4v) is 4.12. The van der Waals surface area contributed by atoms with Crippen molar-refractivity contribution in [3.05, 3.63) is 24.3 Å². The van der Waals surface area contributed by atoms with E-state index in [4.69, 9.17) is 9.84 Å². The fourth-order valence-electron chi connectivity index (χ4n) is 4.12. The summed E-state index contributed by atoms with van der Waals surface area (Å²) in [5.74, 6) is -0.192. The van der Waals surface area contributed by atoms with E-state index in [9.17, 15) is 14.4 Å². The first-order chi connectivity index (χ1) is 13.3. The number of carbonyl (C=O) groups is 3. The van der Waals surface area contributed by atoms with Crippen LogP contribution < -0.4 is 9.64 Å². The molecule has 0 spiro atoms. The normalized spacial score (nSPS) is 24.9. The zero-order valence-electron chi connectivity index (χ0n) is 16.5. The highest BCUT2D eigenvalue weighted by Gasteiger charge is 2.39. The van der Waals surface area contributed by atoms with Crippen LogP contribution in [0, 0.1) is 11.8 Å². The lowest BCUT2D eigenvalue weighted by molar-refractivity contribution is -0.139. The number of carbonyl (C=O) groups excluding carboxylic acids is 2. The summed E-state index contributed by atoms with van der Waals surface area (Å²) in [5, 5.41) is 8.65. The smallest absolute Gasteiger partial charge is 0.341 e. The molecule has 2 aliphatic rings. The first kappa shape index (κ1) is 20.2. The molecule has 1 aliphatic carbocycles. The number of carboxylic acids is 1. The van der Waals surface area contributed by atoms with Gasteiger partial charge in [-0.1, -0.05) is 6.92 Å². The summed E-state index contributed by atoms with van der Waals surface area (Å²) < 4.78 is 5.11. The topological polar surface area (TPSA) is 87.2 Å². The third-order valence-corrected chi connectivity index (χ3v) is 5.85. The number of anilines is 1. The summed E-state index contributed by atoms with van der Waals surface area (Å²) in [6.07, 6.45) is 4.62. The van der Waals surface area contributed by atoms with Crippen LogP contribution in [-0.4, -0.2) is 54.0 Å². The van der Waals surface area contributed by atoms with E-state index < -0.39 is 12.6 Å². The molecule has 7 heteroatoms. The predicted molar refractivity (Wildman–Crippen MR) is 104 cm³/mol. The third kappa shape index (κ3) is 4.64. The van der Waals surface area contributed by atoms with Gasteiger partial charge in [0.2, 0.25) is 11.8 Å². The molecule has 1 atom stereocenters. The summed E-state index contributed by atoms with van der Waals surface area (Å²) in [5.41, 5.74) is 0.685. The highest BCUT2D eigenvalue weighted by Crippen LogP contribution is 2.32. The van der Waals surface area contributed by atoms with Crippen molar-refractivity contribution in [2.75, 3.05) is 25.1 Å². The highest BCUT2D eigenvalue weighted by atomic mass is 16.5. The van der Waals surface area contributed by atoms with Crippen LogP contribution in [0.4, 0.5) is 5.69 Å². The molecule has 28 heavy (non-hydrogen) atoms. The van der Waals surface area contributed by atoms with Gasteiger partial charge in [-0.2, -0.15) is 0 Å². The number of benzene rings is 1. The second kappa shape index (κ2) is 8.63. The molecule has 1 saturated heterocycles. The molecule has 7 nitrogen and oxygen atoms in total. The van der Waals surface area contributed by atoms with Crippen LogP contribution in [0.25, 0.3) is 0 Å². The standard InChI is InChI=1S/C21H28N2O5/c1-14-3-5-17(6-4-14)23-12-15(11-19(23)24)21(27)22(2)16-7-9-18(10-8-16)28-13-20(25)26/h7-10,14-15,17H,3-6,11-13H2,1-2H3,(H,25,26). The van der Waals surface area contributed by atoms with E-state index in [1.54, 1.807) is 36.2 Å². The monoisotopic (exact) mass is 388 g/mol. The lowest BCUT2D eigenvalue weighted by Crippen LogP contribution is -2.40. The number of rotatable bonds is 6. The summed E-state index contributed by atoms with van der Waals surface area (Å²) in [6, 6.07) is 6.98. The third-order valence-electron chi connectivity index (χ3n) is 5.85. The van der Waals surface area contributed by atoms with E-state index in [-0.39, 0.29) is 30.2 Å². The number of carboxylic acid groups (broad SMARTS) is 1. The van der Waals surface area contributed by atoms with Gasteiger partial charge in [-0.3, -0.25) is 9.59 Å². The number of nitrogens with zero attached hydrogens (tertiary/aromatic N) is 2. The number of hydrogen-bond acceptors (Lipinski definition) is 4. The Bertz CT molecular complexity index is 725. The van der Waals surface area contributed by atoms with E-state index in [1.165, 1.54) is 0 Å². The molecule has 152 valence electrons. The average Bonchev–Trinajstić information content (AvgIpc) is 3.08. The van der Waals surface area contributed by atoms with E-state index in [0.29, 0.717) is 18.0 Å². The van der Waals surface area contributed by atoms with Gasteiger partial charge in [-0.15, -0.1) is 0 Å². The molecule has 1 aliphatic heterocycles. The molecule has 3 rings (SSSR count). The highest BCUT2D eigenvalue weighted by molar-refractivity contribution is 5.98. The van der Waals surface area contributed by atoms with Gasteiger partial charge in [-0.25, -0.2) is 4.79 Å². The van der Waals surface area contributed by atoms with Crippen molar-refractivity contribution in [1.82, 2.24) is 4.90 Å². The molecule has 1 aromatic carbocycles. The lowest BCUT2D eigenvalue weighted by atomic mass is 9.86. The largest absolute Gasteiger partial charge is 0.482 e. The summed E-state index contributed by atoms with van der Waals surface area (Å²) in [7, 11) is 1.70. The van der Waals surface area contributed by atoms with Crippen LogP contribution in [-0.2, 0) is 14.4 Å². The Balaban J connectivity index is 1.59. The molecule has 2 amide bonds. The number of likely N-dealkylation sites (tertiary alicyclic amines) is 1. The maximum Gasteiger partial charge on any atom is 0.341 e. The Morgan fingerprint density at radius 3 is 2.43 bits per heavy atom. The Labute approximate surface area is 165 Å². The number of hydrogen-bond donors (Lipinski definition) is 1. The molecule has 1 N–H and O–H groups in total. The van der Waals surface area contributed by atoms with Crippen molar-refractivity contribution in [1.29, 1.82) is 0 Å². The SMILES string of the molecule is CC1CCC(N2CC(C(=O)N(C)c3ccc(OCC(=O)O)cc3)CC2=O)CC1. The van der Waals surface area contributed by atoms with Gasteiger partial charge in [0.25, 0.3) is 0 Å². The Morgan fingerprint density at radius 1 is 1.18 bits per heavy atom. The first-order valence-electron chi connectivity index (χ1n) is 9.87. The predicted octanol–water partition coefficient (Wildman–Crippen LogP) is 2.54. The van der Waals surface area contributed by atoms with Crippen molar-refractivity contribution in [2.45, 2.75) is 45.1 Å². The minimum atomic E-state index is -1.04. The van der Waals surface area contributed by atoms with Crippen LogP contribution in [0.2, 0.25) is 0 Å². The molecule has 0 bridgehead atoms. The molecular weight excluding hydrogens is 360 g/mol. The molecule has 0 aromatic heterocycles. The maximum atomic E-state index is 12.9. The zero-order chi connectivity index (χ0) is 20.3. The van der Waals surface area contributed by atoms with Gasteiger partial charge < -0.3 is 19.6 Å². The molecule has 1 heterocycles. The minimum Gasteiger partial charge on any atom is -0.482 e. The van der Waals surface area contributed by atoms with E-state index in [0.717, 1.165) is 31.6 Å². The minimum absolute atomic E-state index is 0.0702. The van der Waals surface area contributed by atoms with Gasteiger partial charge >= 0.3 is 5.97 Å².